The zero-order valence-corrected chi connectivity index (χ0v) is 23.0. The Hall–Kier alpha value is -2.66. The first-order valence-corrected chi connectivity index (χ1v) is 13.1. The Morgan fingerprint density at radius 3 is 2.05 bits per heavy atom. The minimum absolute atomic E-state index is 0.0659. The van der Waals surface area contributed by atoms with Crippen molar-refractivity contribution in [3.8, 4) is 22.8 Å². The van der Waals surface area contributed by atoms with Gasteiger partial charge in [-0.05, 0) is 65.0 Å². The van der Waals surface area contributed by atoms with E-state index in [0.717, 1.165) is 40.5 Å². The van der Waals surface area contributed by atoms with Crippen molar-refractivity contribution in [2.24, 2.45) is 0 Å². The Labute approximate surface area is 219 Å². The molecule has 0 amide bonds. The number of fused-ring (bicyclic) bond motifs is 1. The fraction of sp³-hybridized carbons (Fsp3) is 0.444. The van der Waals surface area contributed by atoms with Gasteiger partial charge in [-0.25, -0.2) is 23.6 Å². The second-order valence-corrected chi connectivity index (χ2v) is 11.4. The van der Waals surface area contributed by atoms with Crippen molar-refractivity contribution in [3.63, 3.8) is 0 Å². The number of methoxy groups -OCH3 is 2. The number of benzene rings is 2. The van der Waals surface area contributed by atoms with E-state index < -0.39 is 10.2 Å². The highest BCUT2D eigenvalue weighted by molar-refractivity contribution is 5.79. The second-order valence-electron chi connectivity index (χ2n) is 10.6. The minimum atomic E-state index is -4.94. The van der Waals surface area contributed by atoms with Gasteiger partial charge in [0.15, 0.2) is 17.5 Å². The van der Waals surface area contributed by atoms with Crippen molar-refractivity contribution >= 4 is 11.0 Å². The van der Waals surface area contributed by atoms with Crippen LogP contribution in [0.15, 0.2) is 46.9 Å². The van der Waals surface area contributed by atoms with Gasteiger partial charge in [-0.15, -0.1) is 10.2 Å². The fourth-order valence-corrected chi connectivity index (χ4v) is 5.20. The number of aryl methyl sites for hydroxylation is 1. The first-order valence-electron chi connectivity index (χ1n) is 11.9. The highest BCUT2D eigenvalue weighted by Gasteiger charge is 2.40. The first-order chi connectivity index (χ1) is 17.1. The summed E-state index contributed by atoms with van der Waals surface area (Å²) in [5.41, 5.74) is 3.14. The number of ether oxygens (including phenoxy) is 2. The van der Waals surface area contributed by atoms with Crippen molar-refractivity contribution in [1.29, 1.82) is 0 Å². The van der Waals surface area contributed by atoms with Gasteiger partial charge in [-0.1, -0.05) is 11.6 Å². The Balaban J connectivity index is 0.000000695. The smallest absolute Gasteiger partial charge is 0.213 e. The summed E-state index contributed by atoms with van der Waals surface area (Å²) in [6, 6.07) is 14.7. The lowest BCUT2D eigenvalue weighted by Crippen LogP contribution is -2.86. The predicted octanol–water partition coefficient (Wildman–Crippen LogP) is -1.04. The summed E-state index contributed by atoms with van der Waals surface area (Å²) < 4.78 is 51.2. The van der Waals surface area contributed by atoms with Crippen LogP contribution < -0.4 is 43.8 Å². The molecule has 0 bridgehead atoms. The predicted molar refractivity (Wildman–Crippen MR) is 128 cm³/mol. The Kier molecular flexibility index (Phi) is 8.58. The Morgan fingerprint density at radius 2 is 1.49 bits per heavy atom. The molecule has 10 heteroatoms. The highest BCUT2D eigenvalue weighted by Crippen LogP contribution is 2.33. The molecule has 1 aromatic heterocycles. The van der Waals surface area contributed by atoms with Crippen LogP contribution in [0.25, 0.3) is 22.3 Å². The van der Waals surface area contributed by atoms with E-state index in [4.69, 9.17) is 32.5 Å². The van der Waals surface area contributed by atoms with Crippen molar-refractivity contribution in [3.05, 3.63) is 53.4 Å². The molecule has 1 aliphatic heterocycles. The maximum Gasteiger partial charge on any atom is 0.213 e. The van der Waals surface area contributed by atoms with Gasteiger partial charge in [-0.3, -0.25) is 0 Å². The molecule has 1 fully saturated rings. The molecule has 4 rings (SSSR count). The average Bonchev–Trinajstić information content (AvgIpc) is 2.75. The Bertz CT molecular complexity index is 1290. The van der Waals surface area contributed by atoms with Crippen molar-refractivity contribution < 1.29 is 47.8 Å². The Morgan fingerprint density at radius 1 is 0.892 bits per heavy atom. The SMILES string of the molecule is COc1ccc(-c2cc(=[NH+]C3CC(C)(C)NC(C)(C)C3)c3cc(C)ccc3o2)cc1OC.[O-][Cl+3]([O-])([O-])[O-]. The monoisotopic (exact) mass is 534 g/mol. The summed E-state index contributed by atoms with van der Waals surface area (Å²) >= 11 is 0. The molecule has 202 valence electrons. The van der Waals surface area contributed by atoms with E-state index in [2.05, 4.69) is 69.2 Å². The molecule has 3 aromatic rings. The quantitative estimate of drug-likeness (QED) is 0.431. The van der Waals surface area contributed by atoms with E-state index in [1.807, 2.05) is 18.2 Å². The van der Waals surface area contributed by atoms with Gasteiger partial charge in [0.2, 0.25) is 5.36 Å². The molecule has 1 aliphatic rings. The lowest BCUT2D eigenvalue weighted by atomic mass is 9.80. The lowest BCUT2D eigenvalue weighted by molar-refractivity contribution is -2.00. The third-order valence-corrected chi connectivity index (χ3v) is 6.14. The van der Waals surface area contributed by atoms with Crippen LogP contribution in [0, 0.1) is 17.2 Å². The van der Waals surface area contributed by atoms with Gasteiger partial charge in [0.25, 0.3) is 0 Å². The van der Waals surface area contributed by atoms with Gasteiger partial charge in [0.1, 0.15) is 11.3 Å². The molecular formula is C27H35ClN2O7. The third-order valence-electron chi connectivity index (χ3n) is 6.14. The van der Waals surface area contributed by atoms with Crippen LogP contribution in [0.2, 0.25) is 0 Å². The maximum atomic E-state index is 8.49. The summed E-state index contributed by atoms with van der Waals surface area (Å²) in [6.45, 7) is 11.2. The summed E-state index contributed by atoms with van der Waals surface area (Å²) in [7, 11) is -1.65. The molecule has 0 radical (unpaired) electrons. The van der Waals surface area contributed by atoms with Crippen LogP contribution in [-0.2, 0) is 0 Å². The highest BCUT2D eigenvalue weighted by atomic mass is 35.7. The van der Waals surface area contributed by atoms with Crippen LogP contribution >= 0.6 is 0 Å². The molecule has 2 N–H and O–H groups in total. The van der Waals surface area contributed by atoms with Crippen LogP contribution in [-0.4, -0.2) is 31.3 Å². The van der Waals surface area contributed by atoms with Crippen LogP contribution in [0.5, 0.6) is 11.5 Å². The molecule has 2 heterocycles. The molecule has 0 spiro atoms. The summed E-state index contributed by atoms with van der Waals surface area (Å²) in [5, 5.41) is 5.97. The van der Waals surface area contributed by atoms with Gasteiger partial charge >= 0.3 is 0 Å². The molecule has 1 saturated heterocycles. The molecule has 37 heavy (non-hydrogen) atoms. The normalized spacial score (nSPS) is 17.8. The summed E-state index contributed by atoms with van der Waals surface area (Å²) in [5.74, 6) is 2.17. The number of hydrogen-bond donors (Lipinski definition) is 2. The third kappa shape index (κ3) is 8.16. The fourth-order valence-electron chi connectivity index (χ4n) is 5.20. The van der Waals surface area contributed by atoms with E-state index >= 15 is 0 Å². The van der Waals surface area contributed by atoms with Crippen LogP contribution in [0.1, 0.15) is 46.1 Å². The first kappa shape index (κ1) is 28.9. The number of piperidine rings is 1. The zero-order chi connectivity index (χ0) is 27.6. The van der Waals surface area contributed by atoms with E-state index in [-0.39, 0.29) is 11.1 Å². The standard InChI is InChI=1S/C27H34N2O3.ClHO4/c1-17-8-10-22-20(12-17)21(28-19-15-26(2,3)29-27(4,5)16-19)14-24(32-22)18-9-11-23(30-6)25(13-18)31-7;2-1(3,4)5/h8-14,19,29H,15-16H2,1-7H3;(H,2,3,4,5). The second kappa shape index (κ2) is 11.0. The largest absolute Gasteiger partial charge is 0.493 e. The van der Waals surface area contributed by atoms with Crippen molar-refractivity contribution in [2.75, 3.05) is 14.2 Å². The van der Waals surface area contributed by atoms with Gasteiger partial charge in [-0.2, -0.15) is 0 Å². The van der Waals surface area contributed by atoms with Gasteiger partial charge < -0.3 is 19.2 Å². The van der Waals surface area contributed by atoms with Crippen LogP contribution in [0.3, 0.4) is 0 Å². The number of nitrogens with one attached hydrogen (secondary N) is 2. The van der Waals surface area contributed by atoms with E-state index in [1.165, 1.54) is 5.56 Å². The van der Waals surface area contributed by atoms with Crippen molar-refractivity contribution in [2.45, 2.75) is 64.6 Å². The topological polar surface area (TPSA) is 150 Å². The lowest BCUT2D eigenvalue weighted by Gasteiger charge is -2.43. The summed E-state index contributed by atoms with van der Waals surface area (Å²) in [4.78, 5) is 3.87. The summed E-state index contributed by atoms with van der Waals surface area (Å²) in [6.07, 6.45) is 2.09. The molecule has 2 aromatic carbocycles. The minimum Gasteiger partial charge on any atom is -0.493 e. The molecule has 0 aliphatic carbocycles. The van der Waals surface area contributed by atoms with Crippen molar-refractivity contribution in [1.82, 2.24) is 5.32 Å². The molecule has 0 saturated carbocycles. The molecular weight excluding hydrogens is 500 g/mol. The van der Waals surface area contributed by atoms with E-state index in [9.17, 15) is 0 Å². The van der Waals surface area contributed by atoms with E-state index in [1.54, 1.807) is 14.2 Å². The number of rotatable bonds is 4. The van der Waals surface area contributed by atoms with Gasteiger partial charge in [0.05, 0.1) is 25.7 Å². The maximum absolute atomic E-state index is 8.49. The molecule has 0 atom stereocenters. The van der Waals surface area contributed by atoms with Crippen LogP contribution in [0.4, 0.5) is 0 Å². The van der Waals surface area contributed by atoms with E-state index in [0.29, 0.717) is 17.5 Å². The number of halogens is 1. The number of hydrogen-bond acceptors (Lipinski definition) is 8. The average molecular weight is 535 g/mol. The molecule has 0 unspecified atom stereocenters. The molecule has 9 nitrogen and oxygen atoms in total. The zero-order valence-electron chi connectivity index (χ0n) is 22.3. The van der Waals surface area contributed by atoms with Gasteiger partial charge in [0, 0.05) is 29.5 Å².